The van der Waals surface area contributed by atoms with Gasteiger partial charge in [-0.25, -0.2) is 4.79 Å². The summed E-state index contributed by atoms with van der Waals surface area (Å²) in [5.74, 6) is -0.117. The molecule has 1 saturated heterocycles. The molecule has 1 aliphatic heterocycles. The van der Waals surface area contributed by atoms with Crippen LogP contribution < -0.4 is 10.6 Å². The molecule has 7 aromatic carbocycles. The maximum Gasteiger partial charge on any atom is 0.407 e. The van der Waals surface area contributed by atoms with Gasteiger partial charge in [-0.05, 0) is 58.2 Å². The minimum atomic E-state index is -1.05. The molecule has 13 nitrogen and oxygen atoms in total. The number of nitrogens with one attached hydrogen (secondary N) is 2. The lowest BCUT2D eigenvalue weighted by Crippen LogP contribution is -2.62. The molecule has 0 aliphatic carbocycles. The van der Waals surface area contributed by atoms with Gasteiger partial charge in [0.15, 0.2) is 6.29 Å². The summed E-state index contributed by atoms with van der Waals surface area (Å²) in [6.45, 7) is 4.91. The molecule has 510 valence electrons. The normalized spacial score (nSPS) is 17.2. The van der Waals surface area contributed by atoms with E-state index in [1.54, 1.807) is 0 Å². The number of carbonyl (C=O) groups is 2. The summed E-state index contributed by atoms with van der Waals surface area (Å²) in [5, 5.41) is 6.38. The fourth-order valence-electron chi connectivity index (χ4n) is 12.0. The van der Waals surface area contributed by atoms with Crippen molar-refractivity contribution in [2.45, 2.75) is 224 Å². The Labute approximate surface area is 567 Å². The Hall–Kier alpha value is -7.04. The zero-order valence-corrected chi connectivity index (χ0v) is 56.3. The number of unbranched alkanes of at least 4 members (excludes halogenated alkanes) is 15. The van der Waals surface area contributed by atoms with E-state index < -0.39 is 55.0 Å². The van der Waals surface area contributed by atoms with Crippen LogP contribution in [0.25, 0.3) is 0 Å². The Morgan fingerprint density at radius 3 is 1.31 bits per heavy atom. The van der Waals surface area contributed by atoms with E-state index in [1.807, 2.05) is 176 Å². The molecule has 0 spiro atoms. The molecule has 0 aromatic heterocycles. The maximum atomic E-state index is 14.8. The molecular weight excluding hydrogens is 1190 g/mol. The molecule has 95 heavy (non-hydrogen) atoms. The summed E-state index contributed by atoms with van der Waals surface area (Å²) in [6, 6.07) is 69.8. The number of hydrogen-bond donors (Lipinski definition) is 2. The van der Waals surface area contributed by atoms with Crippen molar-refractivity contribution in [3.05, 3.63) is 251 Å². The highest BCUT2D eigenvalue weighted by Crippen LogP contribution is 2.33. The molecule has 13 heteroatoms. The fraction of sp³-hybridized carbons (Fsp3) is 0.463. The second kappa shape index (κ2) is 45.4. The fourth-order valence-corrected chi connectivity index (χ4v) is 12.0. The van der Waals surface area contributed by atoms with Gasteiger partial charge in [0.25, 0.3) is 0 Å². The number of rotatable bonds is 48. The van der Waals surface area contributed by atoms with Gasteiger partial charge in [-0.3, -0.25) is 4.79 Å². The van der Waals surface area contributed by atoms with Crippen LogP contribution in [0.3, 0.4) is 0 Å². The summed E-state index contributed by atoms with van der Waals surface area (Å²) >= 11 is 0. The number of hydrogen-bond acceptors (Lipinski definition) is 11. The van der Waals surface area contributed by atoms with Crippen LogP contribution in [0.1, 0.15) is 168 Å². The van der Waals surface area contributed by atoms with Crippen LogP contribution in [0.4, 0.5) is 4.79 Å². The lowest BCUT2D eigenvalue weighted by Gasteiger charge is -2.46. The molecule has 1 aliphatic rings. The van der Waals surface area contributed by atoms with Gasteiger partial charge in [0.05, 0.1) is 65.0 Å². The van der Waals surface area contributed by atoms with Crippen molar-refractivity contribution in [2.75, 3.05) is 19.8 Å². The Bertz CT molecular complexity index is 3040. The molecule has 0 saturated carbocycles. The summed E-state index contributed by atoms with van der Waals surface area (Å²) in [7, 11) is 0. The minimum Gasteiger partial charge on any atom is -0.445 e. The third-order valence-electron chi connectivity index (χ3n) is 17.4. The van der Waals surface area contributed by atoms with E-state index in [1.165, 1.54) is 57.8 Å². The highest BCUT2D eigenvalue weighted by molar-refractivity contribution is 5.76. The smallest absolute Gasteiger partial charge is 0.407 e. The van der Waals surface area contributed by atoms with E-state index in [-0.39, 0.29) is 52.2 Å². The number of amides is 2. The summed E-state index contributed by atoms with van der Waals surface area (Å²) < 4.78 is 62.2. The monoisotopic (exact) mass is 1290 g/mol. The van der Waals surface area contributed by atoms with E-state index in [0.29, 0.717) is 39.0 Å². The first kappa shape index (κ1) is 73.8. The van der Waals surface area contributed by atoms with Crippen molar-refractivity contribution in [1.82, 2.24) is 10.6 Å². The third kappa shape index (κ3) is 29.1. The molecule has 8 rings (SSSR count). The molecule has 0 bridgehead atoms. The highest BCUT2D eigenvalue weighted by Gasteiger charge is 2.50. The molecule has 2 N–H and O–H groups in total. The first-order chi connectivity index (χ1) is 47.0. The van der Waals surface area contributed by atoms with Crippen LogP contribution >= 0.6 is 0 Å². The standard InChI is InChI=1S/C82H106N2O11/c1-2-3-4-5-6-7-8-9-10-11-13-37-54-74(88-58-67-42-25-17-26-43-67)77(89-59-68-44-27-18-28-45-68)73(84-76(85)55-38-14-12-15-39-56-83-82(86)94-63-72-52-35-22-36-53-72)64-93-81-80(92-62-71-50-33-21-34-51-71)79(91-61-70-48-31-20-32-49-70)78(90-60-69-46-29-19-30-47-69)75(95-81)65-87-57-66-40-23-16-24-41-66/h16-36,40-53,73-75,77-81H,2-15,37-39,54-65H2,1H3,(H,83,86)(H,84,85)/t73-,74+,75+,77-,78-,79-,80+,81-/m0/s1. The molecule has 7 aromatic rings. The Morgan fingerprint density at radius 2 is 0.811 bits per heavy atom. The molecule has 1 heterocycles. The van der Waals surface area contributed by atoms with E-state index in [2.05, 4.69) is 54.0 Å². The number of alkyl carbamates (subject to hydrolysis) is 1. The van der Waals surface area contributed by atoms with Crippen LogP contribution in [0.5, 0.6) is 0 Å². The van der Waals surface area contributed by atoms with Crippen molar-refractivity contribution >= 4 is 12.0 Å². The molecule has 1 fully saturated rings. The van der Waals surface area contributed by atoms with E-state index >= 15 is 0 Å². The SMILES string of the molecule is CCCCCCCCCCCCCC[C@@H](OCc1ccccc1)[C@@H](OCc1ccccc1)[C@H](CO[C@H]1O[C@H](COCc2ccccc2)[C@H](OCc2ccccc2)[C@H](OCc2ccccc2)[C@H]1OCc1ccccc1)NC(=O)CCCCCCCNC(=O)OCc1ccccc1. The second-order valence-corrected chi connectivity index (χ2v) is 25.1. The molecule has 2 amide bonds. The van der Waals surface area contributed by atoms with Crippen molar-refractivity contribution < 1.29 is 52.2 Å². The van der Waals surface area contributed by atoms with Gasteiger partial charge in [-0.1, -0.05) is 316 Å². The first-order valence-electron chi connectivity index (χ1n) is 35.4. The maximum absolute atomic E-state index is 14.8. The van der Waals surface area contributed by atoms with Crippen molar-refractivity contribution in [3.8, 4) is 0 Å². The average Bonchev–Trinajstić information content (AvgIpc) is 0.853. The summed E-state index contributed by atoms with van der Waals surface area (Å²) in [6.07, 6.45) is 14.3. The van der Waals surface area contributed by atoms with Crippen LogP contribution in [0.2, 0.25) is 0 Å². The summed E-state index contributed by atoms with van der Waals surface area (Å²) in [4.78, 5) is 27.3. The molecule has 0 unspecified atom stereocenters. The topological polar surface area (TPSA) is 141 Å². The highest BCUT2D eigenvalue weighted by atomic mass is 16.7. The van der Waals surface area contributed by atoms with Gasteiger partial charge in [0.2, 0.25) is 5.91 Å². The summed E-state index contributed by atoms with van der Waals surface area (Å²) in [5.41, 5.74) is 6.96. The number of ether oxygens (including phenoxy) is 9. The lowest BCUT2D eigenvalue weighted by atomic mass is 9.97. The van der Waals surface area contributed by atoms with E-state index in [9.17, 15) is 9.59 Å². The zero-order chi connectivity index (χ0) is 65.8. The van der Waals surface area contributed by atoms with Gasteiger partial charge in [0, 0.05) is 13.0 Å². The van der Waals surface area contributed by atoms with Crippen molar-refractivity contribution in [3.63, 3.8) is 0 Å². The van der Waals surface area contributed by atoms with Gasteiger partial charge in [0.1, 0.15) is 37.1 Å². The van der Waals surface area contributed by atoms with Crippen molar-refractivity contribution in [1.29, 1.82) is 0 Å². The lowest BCUT2D eigenvalue weighted by molar-refractivity contribution is -0.330. The number of benzene rings is 7. The van der Waals surface area contributed by atoms with Crippen LogP contribution in [-0.4, -0.2) is 80.7 Å². The van der Waals surface area contributed by atoms with E-state index in [0.717, 1.165) is 83.9 Å². The van der Waals surface area contributed by atoms with Crippen molar-refractivity contribution in [2.24, 2.45) is 0 Å². The van der Waals surface area contributed by atoms with Gasteiger partial charge in [-0.2, -0.15) is 0 Å². The van der Waals surface area contributed by atoms with Crippen LogP contribution in [-0.2, 0) is 93.7 Å². The third-order valence-corrected chi connectivity index (χ3v) is 17.4. The molecule has 0 radical (unpaired) electrons. The Morgan fingerprint density at radius 1 is 0.411 bits per heavy atom. The van der Waals surface area contributed by atoms with Gasteiger partial charge < -0.3 is 53.3 Å². The largest absolute Gasteiger partial charge is 0.445 e. The predicted octanol–water partition coefficient (Wildman–Crippen LogP) is 17.7. The predicted molar refractivity (Wildman–Crippen MR) is 376 cm³/mol. The average molecular weight is 1300 g/mol. The van der Waals surface area contributed by atoms with Crippen LogP contribution in [0, 0.1) is 0 Å². The molecule has 8 atom stereocenters. The van der Waals surface area contributed by atoms with E-state index in [4.69, 9.17) is 42.6 Å². The zero-order valence-electron chi connectivity index (χ0n) is 56.3. The first-order valence-corrected chi connectivity index (χ1v) is 35.4. The number of carbonyl (C=O) groups excluding carboxylic acids is 2. The molecular formula is C82H106N2O11. The van der Waals surface area contributed by atoms with Crippen LogP contribution in [0.15, 0.2) is 212 Å². The van der Waals surface area contributed by atoms with Gasteiger partial charge >= 0.3 is 6.09 Å². The quantitative estimate of drug-likeness (QED) is 0.0352. The second-order valence-electron chi connectivity index (χ2n) is 25.1. The van der Waals surface area contributed by atoms with Gasteiger partial charge in [-0.15, -0.1) is 0 Å². The Balaban J connectivity index is 1.07. The Kier molecular flexibility index (Phi) is 35.3. The minimum absolute atomic E-state index is 0.0238.